The molecule has 0 aliphatic carbocycles. The number of sulfone groups is 1. The lowest BCUT2D eigenvalue weighted by Crippen LogP contribution is -2.11. The monoisotopic (exact) mass is 306 g/mol. The van der Waals surface area contributed by atoms with Crippen LogP contribution in [0.15, 0.2) is 64.4 Å². The smallest absolute Gasteiger partial charge is 0.206 e. The van der Waals surface area contributed by atoms with Gasteiger partial charge in [-0.05, 0) is 49.9 Å². The summed E-state index contributed by atoms with van der Waals surface area (Å²) in [6.45, 7) is 4.25. The molecule has 2 nitrogen and oxygen atoms in total. The molecule has 0 saturated carbocycles. The molecule has 106 valence electrons. The molecular formula is C16H18O2S2. The summed E-state index contributed by atoms with van der Waals surface area (Å²) in [7, 11) is -3.41. The molecule has 4 heteroatoms. The van der Waals surface area contributed by atoms with Crippen molar-refractivity contribution in [1.82, 2.24) is 0 Å². The van der Waals surface area contributed by atoms with E-state index in [0.717, 1.165) is 5.56 Å². The zero-order valence-corrected chi connectivity index (χ0v) is 13.5. The molecule has 0 bridgehead atoms. The Kier molecular flexibility index (Phi) is 4.25. The third-order valence-corrected chi connectivity index (χ3v) is 6.47. The lowest BCUT2D eigenvalue weighted by molar-refractivity contribution is 0.596. The zero-order chi connectivity index (χ0) is 14.8. The molecule has 0 amide bonds. The highest BCUT2D eigenvalue weighted by Gasteiger charge is 2.21. The van der Waals surface area contributed by atoms with Crippen molar-refractivity contribution in [3.8, 4) is 0 Å². The van der Waals surface area contributed by atoms with Gasteiger partial charge in [0.15, 0.2) is 0 Å². The first-order chi connectivity index (χ1) is 9.38. The van der Waals surface area contributed by atoms with Gasteiger partial charge in [0.2, 0.25) is 9.84 Å². The Balaban J connectivity index is 2.41. The number of rotatable bonds is 4. The average Bonchev–Trinajstić information content (AvgIpc) is 2.48. The fourth-order valence-electron chi connectivity index (χ4n) is 1.89. The molecule has 20 heavy (non-hydrogen) atoms. The van der Waals surface area contributed by atoms with E-state index in [2.05, 4.69) is 20.1 Å². The van der Waals surface area contributed by atoms with Gasteiger partial charge in [0, 0.05) is 4.75 Å². The Morgan fingerprint density at radius 2 is 1.35 bits per heavy atom. The number of benzene rings is 2. The highest BCUT2D eigenvalue weighted by atomic mass is 32.2. The van der Waals surface area contributed by atoms with Crippen molar-refractivity contribution >= 4 is 21.6 Å². The summed E-state index contributed by atoms with van der Waals surface area (Å²) in [4.78, 5) is 0.668. The molecule has 2 aromatic carbocycles. The second kappa shape index (κ2) is 5.62. The van der Waals surface area contributed by atoms with Crippen molar-refractivity contribution in [3.05, 3.63) is 60.2 Å². The highest BCUT2D eigenvalue weighted by Crippen LogP contribution is 2.34. The largest absolute Gasteiger partial charge is 0.219 e. The van der Waals surface area contributed by atoms with Crippen LogP contribution in [-0.2, 0) is 14.6 Å². The van der Waals surface area contributed by atoms with Crippen molar-refractivity contribution in [2.24, 2.45) is 0 Å². The second-order valence-corrected chi connectivity index (χ2v) is 8.43. The standard InChI is InChI=1S/C16H18O2S2/c1-16(2,19-3)13-9-11-15(12-10-13)20(17,18)14-7-5-4-6-8-14/h4-12H,1-3H3. The molecule has 0 unspecified atom stereocenters. The first kappa shape index (κ1) is 15.1. The minimum atomic E-state index is -3.41. The molecule has 0 N–H and O–H groups in total. The first-order valence-electron chi connectivity index (χ1n) is 6.34. The van der Waals surface area contributed by atoms with Gasteiger partial charge < -0.3 is 0 Å². The molecule has 0 spiro atoms. The minimum absolute atomic E-state index is 0.0188. The predicted octanol–water partition coefficient (Wildman–Crippen LogP) is 4.12. The van der Waals surface area contributed by atoms with Gasteiger partial charge in [-0.1, -0.05) is 30.3 Å². The predicted molar refractivity (Wildman–Crippen MR) is 84.9 cm³/mol. The van der Waals surface area contributed by atoms with E-state index in [1.165, 1.54) is 0 Å². The fourth-order valence-corrected chi connectivity index (χ4v) is 3.54. The lowest BCUT2D eigenvalue weighted by atomic mass is 10.0. The molecule has 0 aliphatic heterocycles. The Morgan fingerprint density at radius 1 is 0.850 bits per heavy atom. The van der Waals surface area contributed by atoms with Gasteiger partial charge in [0.25, 0.3) is 0 Å². The summed E-state index contributed by atoms with van der Waals surface area (Å²) in [5.74, 6) is 0. The van der Waals surface area contributed by atoms with Crippen LogP contribution in [0.25, 0.3) is 0 Å². The summed E-state index contributed by atoms with van der Waals surface area (Å²) < 4.78 is 24.9. The first-order valence-corrected chi connectivity index (χ1v) is 9.04. The van der Waals surface area contributed by atoms with Crippen molar-refractivity contribution in [2.45, 2.75) is 28.4 Å². The molecule has 0 saturated heterocycles. The molecule has 0 atom stereocenters. The topological polar surface area (TPSA) is 34.1 Å². The van der Waals surface area contributed by atoms with Crippen LogP contribution in [0.2, 0.25) is 0 Å². The molecular weight excluding hydrogens is 288 g/mol. The van der Waals surface area contributed by atoms with Crippen molar-refractivity contribution in [2.75, 3.05) is 6.26 Å². The van der Waals surface area contributed by atoms with E-state index in [4.69, 9.17) is 0 Å². The molecule has 0 fully saturated rings. The van der Waals surface area contributed by atoms with Crippen LogP contribution in [0.1, 0.15) is 19.4 Å². The molecule has 0 aliphatic rings. The second-order valence-electron chi connectivity index (χ2n) is 5.06. The maximum atomic E-state index is 12.5. The number of thioether (sulfide) groups is 1. The summed E-state index contributed by atoms with van der Waals surface area (Å²) in [6.07, 6.45) is 2.05. The van der Waals surface area contributed by atoms with Gasteiger partial charge in [-0.2, -0.15) is 11.8 Å². The SMILES string of the molecule is CSC(C)(C)c1ccc(S(=O)(=O)c2ccccc2)cc1. The van der Waals surface area contributed by atoms with Crippen LogP contribution in [-0.4, -0.2) is 14.7 Å². The molecule has 0 heterocycles. The van der Waals surface area contributed by atoms with Gasteiger partial charge in [-0.3, -0.25) is 0 Å². The fraction of sp³-hybridized carbons (Fsp3) is 0.250. The van der Waals surface area contributed by atoms with Crippen molar-refractivity contribution < 1.29 is 8.42 Å². The summed E-state index contributed by atoms with van der Waals surface area (Å²) in [6, 6.07) is 15.7. The number of hydrogen-bond acceptors (Lipinski definition) is 3. The molecule has 0 aromatic heterocycles. The maximum absolute atomic E-state index is 12.5. The highest BCUT2D eigenvalue weighted by molar-refractivity contribution is 7.99. The van der Waals surface area contributed by atoms with E-state index in [0.29, 0.717) is 9.79 Å². The van der Waals surface area contributed by atoms with E-state index in [-0.39, 0.29) is 4.75 Å². The van der Waals surface area contributed by atoms with E-state index in [9.17, 15) is 8.42 Å². The van der Waals surface area contributed by atoms with E-state index in [1.807, 2.05) is 18.2 Å². The third-order valence-electron chi connectivity index (χ3n) is 3.42. The maximum Gasteiger partial charge on any atom is 0.206 e. The van der Waals surface area contributed by atoms with Crippen LogP contribution in [0.3, 0.4) is 0 Å². The Labute approximate surface area is 125 Å². The zero-order valence-electron chi connectivity index (χ0n) is 11.8. The van der Waals surface area contributed by atoms with Crippen molar-refractivity contribution in [1.29, 1.82) is 0 Å². The normalized spacial score (nSPS) is 12.3. The minimum Gasteiger partial charge on any atom is -0.219 e. The van der Waals surface area contributed by atoms with Crippen LogP contribution in [0.4, 0.5) is 0 Å². The quantitative estimate of drug-likeness (QED) is 0.852. The van der Waals surface area contributed by atoms with Crippen LogP contribution < -0.4 is 0 Å². The number of hydrogen-bond donors (Lipinski definition) is 0. The van der Waals surface area contributed by atoms with E-state index in [1.54, 1.807) is 48.2 Å². The molecule has 2 rings (SSSR count). The molecule has 0 radical (unpaired) electrons. The molecule has 2 aromatic rings. The van der Waals surface area contributed by atoms with E-state index >= 15 is 0 Å². The Bertz CT molecular complexity index is 672. The van der Waals surface area contributed by atoms with Gasteiger partial charge >= 0.3 is 0 Å². The van der Waals surface area contributed by atoms with Crippen LogP contribution >= 0.6 is 11.8 Å². The van der Waals surface area contributed by atoms with Crippen molar-refractivity contribution in [3.63, 3.8) is 0 Å². The van der Waals surface area contributed by atoms with Crippen LogP contribution in [0.5, 0.6) is 0 Å². The van der Waals surface area contributed by atoms with E-state index < -0.39 is 9.84 Å². The Hall–Kier alpha value is -1.26. The summed E-state index contributed by atoms with van der Waals surface area (Å²) >= 11 is 1.74. The van der Waals surface area contributed by atoms with Gasteiger partial charge in [0.05, 0.1) is 9.79 Å². The summed E-state index contributed by atoms with van der Waals surface area (Å²) in [5, 5.41) is 0. The van der Waals surface area contributed by atoms with Gasteiger partial charge in [-0.15, -0.1) is 0 Å². The van der Waals surface area contributed by atoms with Crippen LogP contribution in [0, 0.1) is 0 Å². The third kappa shape index (κ3) is 2.91. The Morgan fingerprint density at radius 3 is 1.85 bits per heavy atom. The van der Waals surface area contributed by atoms with Gasteiger partial charge in [0.1, 0.15) is 0 Å². The van der Waals surface area contributed by atoms with Gasteiger partial charge in [-0.25, -0.2) is 8.42 Å². The lowest BCUT2D eigenvalue weighted by Gasteiger charge is -2.22. The average molecular weight is 306 g/mol. The summed E-state index contributed by atoms with van der Waals surface area (Å²) in [5.41, 5.74) is 1.12.